The van der Waals surface area contributed by atoms with Crippen LogP contribution in [0.4, 0.5) is 22.1 Å². The van der Waals surface area contributed by atoms with Gasteiger partial charge in [-0.2, -0.15) is 14.7 Å². The van der Waals surface area contributed by atoms with Gasteiger partial charge >= 0.3 is 6.03 Å². The van der Waals surface area contributed by atoms with Gasteiger partial charge in [-0.25, -0.2) is 9.78 Å². The van der Waals surface area contributed by atoms with E-state index in [1.54, 1.807) is 7.11 Å². The summed E-state index contributed by atoms with van der Waals surface area (Å²) in [4.78, 5) is 23.6. The molecule has 2 N–H and O–H groups in total. The predicted octanol–water partition coefficient (Wildman–Crippen LogP) is 2.62. The number of benzene rings is 1. The van der Waals surface area contributed by atoms with Crippen molar-refractivity contribution in [2.75, 3.05) is 25.1 Å². The largest absolute Gasteiger partial charge is 0.497 e. The number of anilines is 2. The fourth-order valence-corrected chi connectivity index (χ4v) is 4.45. The molecule has 2 aliphatic heterocycles. The third kappa shape index (κ3) is 2.59. The van der Waals surface area contributed by atoms with Crippen LogP contribution in [-0.4, -0.2) is 42.2 Å². The number of carbonyl (C=O) groups excluding carboxylic acids is 1. The topological polar surface area (TPSA) is 105 Å². The van der Waals surface area contributed by atoms with Crippen molar-refractivity contribution in [3.8, 4) is 11.8 Å². The summed E-state index contributed by atoms with van der Waals surface area (Å²) in [6, 6.07) is 9.35. The van der Waals surface area contributed by atoms with Crippen LogP contribution in [0.3, 0.4) is 0 Å². The van der Waals surface area contributed by atoms with Crippen molar-refractivity contribution in [2.45, 2.75) is 32.2 Å². The van der Waals surface area contributed by atoms with Gasteiger partial charge < -0.3 is 15.4 Å². The lowest BCUT2D eigenvalue weighted by molar-refractivity contribution is 0.204. The molecule has 144 valence electrons. The maximum atomic E-state index is 12.6. The van der Waals surface area contributed by atoms with Gasteiger partial charge in [0, 0.05) is 31.5 Å². The number of likely N-dealkylation sites (tertiary alicyclic amines) is 1. The highest BCUT2D eigenvalue weighted by Crippen LogP contribution is 2.43. The van der Waals surface area contributed by atoms with E-state index in [1.165, 1.54) is 0 Å². The van der Waals surface area contributed by atoms with Gasteiger partial charge in [0.05, 0.1) is 19.2 Å². The number of aromatic nitrogens is 2. The van der Waals surface area contributed by atoms with Crippen molar-refractivity contribution < 1.29 is 9.53 Å². The smallest absolute Gasteiger partial charge is 0.420 e. The number of quaternary nitrogens is 1. The summed E-state index contributed by atoms with van der Waals surface area (Å²) < 4.78 is 5.23. The molecule has 2 aliphatic rings. The van der Waals surface area contributed by atoms with Crippen LogP contribution in [0.2, 0.25) is 0 Å². The minimum atomic E-state index is -0.419. The van der Waals surface area contributed by atoms with Crippen molar-refractivity contribution in [2.24, 2.45) is 5.73 Å². The monoisotopic (exact) mass is 379 g/mol. The number of urea groups is 1. The van der Waals surface area contributed by atoms with Gasteiger partial charge in [-0.15, -0.1) is 0 Å². The van der Waals surface area contributed by atoms with Crippen molar-refractivity contribution in [1.82, 2.24) is 14.5 Å². The maximum Gasteiger partial charge on any atom is 0.420 e. The number of nitriles is 1. The molecule has 0 saturated carbocycles. The molecule has 28 heavy (non-hydrogen) atoms. The van der Waals surface area contributed by atoms with Crippen LogP contribution in [0.1, 0.15) is 31.2 Å². The van der Waals surface area contributed by atoms with E-state index in [2.05, 4.69) is 20.9 Å². The van der Waals surface area contributed by atoms with E-state index in [-0.39, 0.29) is 16.3 Å². The van der Waals surface area contributed by atoms with Crippen molar-refractivity contribution in [3.05, 3.63) is 35.7 Å². The van der Waals surface area contributed by atoms with Gasteiger partial charge in [0.15, 0.2) is 0 Å². The second-order valence-corrected chi connectivity index (χ2v) is 7.31. The Morgan fingerprint density at radius 2 is 2.11 bits per heavy atom. The first kappa shape index (κ1) is 18.2. The molecule has 8 heteroatoms. The minimum Gasteiger partial charge on any atom is -0.497 e. The summed E-state index contributed by atoms with van der Waals surface area (Å²) in [6.45, 7) is 3.33. The van der Waals surface area contributed by atoms with E-state index < -0.39 is 6.03 Å². The SMILES string of the molecule is COc1ccc(N2CCc3c2nc(C#N)nc3[N+]2(C(N)=O)CCC[C@H]2C)cc1. The molecule has 1 unspecified atom stereocenters. The minimum absolute atomic E-state index is 0.00398. The zero-order valence-corrected chi connectivity index (χ0v) is 16.1. The fraction of sp³-hybridized carbons (Fsp3) is 0.400. The Labute approximate surface area is 163 Å². The number of hydrogen-bond acceptors (Lipinski definition) is 6. The normalized spacial score (nSPS) is 23.3. The van der Waals surface area contributed by atoms with Gasteiger partial charge in [0.1, 0.15) is 23.7 Å². The first-order chi connectivity index (χ1) is 13.5. The standard InChI is InChI=1S/C20H22N6O2/c1-13-4-3-11-26(13,20(22)27)19-16-9-10-25(18(16)23-17(12-21)24-19)14-5-7-15(28-2)8-6-14/h5-8,13H,3-4,9-11H2,1-2H3,(H-,22,27)/p+1/t13-,26?/m1/s1. The van der Waals surface area contributed by atoms with E-state index in [4.69, 9.17) is 10.5 Å². The number of fused-ring (bicyclic) bond motifs is 1. The molecule has 1 aromatic heterocycles. The van der Waals surface area contributed by atoms with Crippen LogP contribution in [0, 0.1) is 11.3 Å². The Kier molecular flexibility index (Phi) is 4.40. The molecule has 1 aromatic carbocycles. The first-order valence-corrected chi connectivity index (χ1v) is 9.42. The molecular weight excluding hydrogens is 356 g/mol. The summed E-state index contributed by atoms with van der Waals surface area (Å²) in [5.74, 6) is 2.11. The molecule has 2 aromatic rings. The number of nitrogens with two attached hydrogens (primary N) is 1. The fourth-order valence-electron chi connectivity index (χ4n) is 4.45. The van der Waals surface area contributed by atoms with Crippen molar-refractivity contribution in [3.63, 3.8) is 0 Å². The Morgan fingerprint density at radius 1 is 1.36 bits per heavy atom. The highest BCUT2D eigenvalue weighted by Gasteiger charge is 2.51. The molecule has 8 nitrogen and oxygen atoms in total. The van der Waals surface area contributed by atoms with E-state index >= 15 is 0 Å². The van der Waals surface area contributed by atoms with Gasteiger partial charge in [-0.3, -0.25) is 0 Å². The lowest BCUT2D eigenvalue weighted by Gasteiger charge is -2.33. The van der Waals surface area contributed by atoms with E-state index in [1.807, 2.05) is 31.2 Å². The number of ether oxygens (including phenoxy) is 1. The van der Waals surface area contributed by atoms with Crippen molar-refractivity contribution in [1.29, 1.82) is 5.26 Å². The molecule has 2 amide bonds. The van der Waals surface area contributed by atoms with E-state index in [0.717, 1.165) is 29.8 Å². The summed E-state index contributed by atoms with van der Waals surface area (Å²) >= 11 is 0. The first-order valence-electron chi connectivity index (χ1n) is 9.42. The average Bonchev–Trinajstić information content (AvgIpc) is 3.31. The number of carbonyl (C=O) groups is 1. The van der Waals surface area contributed by atoms with Crippen LogP contribution >= 0.6 is 0 Å². The highest BCUT2D eigenvalue weighted by atomic mass is 16.5. The Bertz CT molecular complexity index is 968. The number of amides is 2. The molecule has 1 saturated heterocycles. The Hall–Kier alpha value is -3.18. The summed E-state index contributed by atoms with van der Waals surface area (Å²) in [6.07, 6.45) is 2.49. The lowest BCUT2D eigenvalue weighted by Crippen LogP contribution is -2.60. The van der Waals surface area contributed by atoms with Crippen LogP contribution in [0.15, 0.2) is 24.3 Å². The summed E-state index contributed by atoms with van der Waals surface area (Å²) in [5, 5.41) is 9.52. The molecule has 3 heterocycles. The molecule has 1 fully saturated rings. The molecule has 0 aliphatic carbocycles. The second kappa shape index (κ2) is 6.77. The molecule has 4 rings (SSSR count). The average molecular weight is 379 g/mol. The van der Waals surface area contributed by atoms with Gasteiger partial charge in [-0.1, -0.05) is 0 Å². The van der Waals surface area contributed by atoms with E-state index in [0.29, 0.717) is 31.1 Å². The molecule has 0 spiro atoms. The van der Waals surface area contributed by atoms with Crippen LogP contribution in [0.5, 0.6) is 5.75 Å². The van der Waals surface area contributed by atoms with Crippen LogP contribution < -0.4 is 19.9 Å². The number of hydrogen-bond donors (Lipinski definition) is 1. The zero-order valence-electron chi connectivity index (χ0n) is 16.1. The van der Waals surface area contributed by atoms with Crippen LogP contribution in [-0.2, 0) is 6.42 Å². The van der Waals surface area contributed by atoms with Gasteiger partial charge in [0.25, 0.3) is 0 Å². The van der Waals surface area contributed by atoms with Crippen LogP contribution in [0.25, 0.3) is 0 Å². The van der Waals surface area contributed by atoms with E-state index in [9.17, 15) is 10.1 Å². The molecule has 0 bridgehead atoms. The number of rotatable bonds is 3. The third-order valence-electron chi connectivity index (χ3n) is 5.95. The number of methoxy groups -OCH3 is 1. The Morgan fingerprint density at radius 3 is 2.68 bits per heavy atom. The Balaban J connectivity index is 1.87. The van der Waals surface area contributed by atoms with Crippen molar-refractivity contribution >= 4 is 23.4 Å². The molecule has 0 radical (unpaired) electrons. The summed E-state index contributed by atoms with van der Waals surface area (Å²) in [7, 11) is 1.63. The summed E-state index contributed by atoms with van der Waals surface area (Å²) in [5.41, 5.74) is 7.74. The maximum absolute atomic E-state index is 12.6. The van der Waals surface area contributed by atoms with Gasteiger partial charge in [0.2, 0.25) is 11.6 Å². The molecule has 2 atom stereocenters. The highest BCUT2D eigenvalue weighted by molar-refractivity contribution is 5.88. The lowest BCUT2D eigenvalue weighted by atomic mass is 10.1. The second-order valence-electron chi connectivity index (χ2n) is 7.31. The third-order valence-corrected chi connectivity index (χ3v) is 5.95. The number of primary amides is 1. The predicted molar refractivity (Wildman–Crippen MR) is 105 cm³/mol. The quantitative estimate of drug-likeness (QED) is 0.822. The zero-order chi connectivity index (χ0) is 19.9. The number of nitrogens with zero attached hydrogens (tertiary/aromatic N) is 5. The van der Waals surface area contributed by atoms with Gasteiger partial charge in [-0.05, 0) is 31.2 Å². The molecular formula is C20H23N6O2+.